The van der Waals surface area contributed by atoms with Gasteiger partial charge in [0.25, 0.3) is 0 Å². The molecule has 0 radical (unpaired) electrons. The zero-order chi connectivity index (χ0) is 14.1. The zero-order valence-electron chi connectivity index (χ0n) is 12.0. The summed E-state index contributed by atoms with van der Waals surface area (Å²) < 4.78 is 5.59. The van der Waals surface area contributed by atoms with E-state index >= 15 is 0 Å². The first-order chi connectivity index (χ1) is 9.66. The Balaban J connectivity index is 1.95. The van der Waals surface area contributed by atoms with Crippen LogP contribution in [0.15, 0.2) is 36.4 Å². The number of rotatable bonds is 2. The van der Waals surface area contributed by atoms with Crippen LogP contribution in [-0.4, -0.2) is 35.8 Å². The number of fused-ring (bicyclic) bond motifs is 1. The van der Waals surface area contributed by atoms with Gasteiger partial charge in [-0.1, -0.05) is 36.4 Å². The van der Waals surface area contributed by atoms with Crippen LogP contribution in [0.1, 0.15) is 25.5 Å². The van der Waals surface area contributed by atoms with Crippen LogP contribution in [0, 0.1) is 0 Å². The van der Waals surface area contributed by atoms with Crippen LogP contribution in [0.3, 0.4) is 0 Å². The molecule has 3 nitrogen and oxygen atoms in total. The van der Waals surface area contributed by atoms with E-state index in [9.17, 15) is 5.11 Å². The number of ether oxygens (including phenoxy) is 1. The second-order valence-electron chi connectivity index (χ2n) is 5.58. The minimum atomic E-state index is 0.200. The predicted molar refractivity (Wildman–Crippen MR) is 81.0 cm³/mol. The van der Waals surface area contributed by atoms with E-state index < -0.39 is 0 Å². The first kappa shape index (κ1) is 13.4. The Hall–Kier alpha value is -1.58. The second-order valence-corrected chi connectivity index (χ2v) is 5.58. The molecule has 2 unspecified atom stereocenters. The van der Waals surface area contributed by atoms with Crippen molar-refractivity contribution < 1.29 is 9.84 Å². The molecule has 0 spiro atoms. The Labute approximate surface area is 119 Å². The predicted octanol–water partition coefficient (Wildman–Crippen LogP) is 3.33. The SMILES string of the molecule is CC1CN(C(C)c2ccc3ccccc3c2O)CCO1. The first-order valence-electron chi connectivity index (χ1n) is 7.23. The molecule has 1 aliphatic rings. The summed E-state index contributed by atoms with van der Waals surface area (Å²) >= 11 is 0. The van der Waals surface area contributed by atoms with Gasteiger partial charge in [0.05, 0.1) is 12.7 Å². The number of morpholine rings is 1. The Bertz CT molecular complexity index is 611. The third kappa shape index (κ3) is 2.39. The molecule has 1 N–H and O–H groups in total. The van der Waals surface area contributed by atoms with Gasteiger partial charge in [-0.05, 0) is 19.2 Å². The van der Waals surface area contributed by atoms with Crippen LogP contribution in [0.4, 0.5) is 0 Å². The molecule has 0 saturated carbocycles. The van der Waals surface area contributed by atoms with E-state index in [0.29, 0.717) is 5.75 Å². The van der Waals surface area contributed by atoms with Crippen molar-refractivity contribution in [1.29, 1.82) is 0 Å². The molecule has 0 bridgehead atoms. The lowest BCUT2D eigenvalue weighted by Crippen LogP contribution is -2.42. The van der Waals surface area contributed by atoms with Crippen LogP contribution >= 0.6 is 0 Å². The fourth-order valence-electron chi connectivity index (χ4n) is 3.00. The second kappa shape index (κ2) is 5.43. The summed E-state index contributed by atoms with van der Waals surface area (Å²) in [5, 5.41) is 12.6. The van der Waals surface area contributed by atoms with Crippen molar-refractivity contribution in [3.63, 3.8) is 0 Å². The number of nitrogens with zero attached hydrogens (tertiary/aromatic N) is 1. The third-order valence-corrected chi connectivity index (χ3v) is 4.20. The van der Waals surface area contributed by atoms with E-state index in [2.05, 4.69) is 24.8 Å². The fraction of sp³-hybridized carbons (Fsp3) is 0.412. The highest BCUT2D eigenvalue weighted by Crippen LogP contribution is 2.35. The maximum Gasteiger partial charge on any atom is 0.128 e. The molecule has 20 heavy (non-hydrogen) atoms. The average Bonchev–Trinajstić information content (AvgIpc) is 2.47. The summed E-state index contributed by atoms with van der Waals surface area (Å²) in [5.41, 5.74) is 0.998. The van der Waals surface area contributed by atoms with Crippen LogP contribution in [0.5, 0.6) is 5.75 Å². The highest BCUT2D eigenvalue weighted by molar-refractivity contribution is 5.89. The topological polar surface area (TPSA) is 32.7 Å². The summed E-state index contributed by atoms with van der Waals surface area (Å²) in [4.78, 5) is 2.37. The summed E-state index contributed by atoms with van der Waals surface area (Å²) in [6, 6.07) is 12.3. The van der Waals surface area contributed by atoms with E-state index in [0.717, 1.165) is 36.0 Å². The first-order valence-corrected chi connectivity index (χ1v) is 7.23. The molecule has 3 heteroatoms. The van der Waals surface area contributed by atoms with Crippen molar-refractivity contribution in [3.8, 4) is 5.75 Å². The van der Waals surface area contributed by atoms with Gasteiger partial charge in [0.15, 0.2) is 0 Å². The lowest BCUT2D eigenvalue weighted by atomic mass is 9.99. The van der Waals surface area contributed by atoms with Crippen LogP contribution < -0.4 is 0 Å². The van der Waals surface area contributed by atoms with Crippen LogP contribution in [-0.2, 0) is 4.74 Å². The minimum absolute atomic E-state index is 0.200. The summed E-state index contributed by atoms with van der Waals surface area (Å²) in [5.74, 6) is 0.412. The maximum absolute atomic E-state index is 10.6. The van der Waals surface area contributed by atoms with E-state index in [1.165, 1.54) is 0 Å². The summed E-state index contributed by atoms with van der Waals surface area (Å²) in [7, 11) is 0. The lowest BCUT2D eigenvalue weighted by Gasteiger charge is -2.36. The van der Waals surface area contributed by atoms with Gasteiger partial charge in [-0.2, -0.15) is 0 Å². The molecule has 1 heterocycles. The molecule has 1 saturated heterocycles. The third-order valence-electron chi connectivity index (χ3n) is 4.20. The molecule has 3 rings (SSSR count). The van der Waals surface area contributed by atoms with E-state index in [-0.39, 0.29) is 12.1 Å². The molecular formula is C17H21NO2. The number of aromatic hydroxyl groups is 1. The molecule has 2 aromatic carbocycles. The molecule has 106 valence electrons. The van der Waals surface area contributed by atoms with Crippen molar-refractivity contribution in [2.75, 3.05) is 19.7 Å². The van der Waals surface area contributed by atoms with Gasteiger partial charge >= 0.3 is 0 Å². The Kier molecular flexibility index (Phi) is 3.64. The number of phenols is 1. The van der Waals surface area contributed by atoms with Gasteiger partial charge in [0.2, 0.25) is 0 Å². The Morgan fingerprint density at radius 2 is 2.05 bits per heavy atom. The quantitative estimate of drug-likeness (QED) is 0.909. The summed E-state index contributed by atoms with van der Waals surface area (Å²) in [6.07, 6.45) is 0.258. The fourth-order valence-corrected chi connectivity index (χ4v) is 3.00. The molecule has 0 aromatic heterocycles. The van der Waals surface area contributed by atoms with E-state index in [1.54, 1.807) is 0 Å². The minimum Gasteiger partial charge on any atom is -0.507 e. The molecule has 0 amide bonds. The highest BCUT2D eigenvalue weighted by Gasteiger charge is 2.24. The lowest BCUT2D eigenvalue weighted by molar-refractivity contribution is -0.0321. The van der Waals surface area contributed by atoms with Crippen molar-refractivity contribution in [3.05, 3.63) is 42.0 Å². The van der Waals surface area contributed by atoms with Crippen molar-refractivity contribution in [2.24, 2.45) is 0 Å². The van der Waals surface area contributed by atoms with E-state index in [1.807, 2.05) is 30.3 Å². The van der Waals surface area contributed by atoms with Crippen LogP contribution in [0.25, 0.3) is 10.8 Å². The van der Waals surface area contributed by atoms with Crippen LogP contribution in [0.2, 0.25) is 0 Å². The standard InChI is InChI=1S/C17H21NO2/c1-12-11-18(9-10-20-12)13(2)15-8-7-14-5-3-4-6-16(14)17(15)19/h3-8,12-13,19H,9-11H2,1-2H3. The Morgan fingerprint density at radius 1 is 1.25 bits per heavy atom. The molecule has 2 atom stereocenters. The number of phenolic OH excluding ortho intramolecular Hbond substituents is 1. The zero-order valence-corrected chi connectivity index (χ0v) is 12.0. The van der Waals surface area contributed by atoms with Gasteiger partial charge in [-0.15, -0.1) is 0 Å². The van der Waals surface area contributed by atoms with Gasteiger partial charge in [0.1, 0.15) is 5.75 Å². The van der Waals surface area contributed by atoms with Crippen molar-refractivity contribution in [2.45, 2.75) is 26.0 Å². The summed E-state index contributed by atoms with van der Waals surface area (Å²) in [6.45, 7) is 6.84. The number of benzene rings is 2. The van der Waals surface area contributed by atoms with Gasteiger partial charge in [-0.3, -0.25) is 4.90 Å². The van der Waals surface area contributed by atoms with Gasteiger partial charge < -0.3 is 9.84 Å². The van der Waals surface area contributed by atoms with Crippen molar-refractivity contribution >= 4 is 10.8 Å². The number of hydrogen-bond acceptors (Lipinski definition) is 3. The Morgan fingerprint density at radius 3 is 2.85 bits per heavy atom. The highest BCUT2D eigenvalue weighted by atomic mass is 16.5. The van der Waals surface area contributed by atoms with Gasteiger partial charge in [-0.25, -0.2) is 0 Å². The maximum atomic E-state index is 10.6. The normalized spacial score (nSPS) is 22.0. The molecule has 1 fully saturated rings. The largest absolute Gasteiger partial charge is 0.507 e. The van der Waals surface area contributed by atoms with Gasteiger partial charge in [0, 0.05) is 30.1 Å². The molecular weight excluding hydrogens is 250 g/mol. The number of hydrogen-bond donors (Lipinski definition) is 1. The van der Waals surface area contributed by atoms with Crippen molar-refractivity contribution in [1.82, 2.24) is 4.90 Å². The monoisotopic (exact) mass is 271 g/mol. The molecule has 1 aliphatic heterocycles. The van der Waals surface area contributed by atoms with E-state index in [4.69, 9.17) is 4.74 Å². The molecule has 0 aliphatic carbocycles. The molecule has 2 aromatic rings. The average molecular weight is 271 g/mol. The smallest absolute Gasteiger partial charge is 0.128 e.